The smallest absolute Gasteiger partial charge is 0.106 e. The van der Waals surface area contributed by atoms with E-state index < -0.39 is 0 Å². The maximum absolute atomic E-state index is 4.84. The molecule has 0 atom stereocenters. The Morgan fingerprint density at radius 3 is 2.88 bits per heavy atom. The molecule has 0 aromatic heterocycles. The Bertz CT molecular complexity index is 348. The number of rotatable bonds is 3. The molecule has 0 aliphatic carbocycles. The molecular weight excluding hydrogens is 200 g/mol. The third-order valence-electron chi connectivity index (χ3n) is 2.82. The van der Waals surface area contributed by atoms with Crippen molar-refractivity contribution < 1.29 is 4.84 Å². The summed E-state index contributed by atoms with van der Waals surface area (Å²) in [6.07, 6.45) is 2.24. The van der Waals surface area contributed by atoms with Gasteiger partial charge in [0.2, 0.25) is 0 Å². The van der Waals surface area contributed by atoms with Crippen LogP contribution in [0.1, 0.15) is 18.4 Å². The van der Waals surface area contributed by atoms with E-state index in [9.17, 15) is 0 Å². The van der Waals surface area contributed by atoms with E-state index in [4.69, 9.17) is 4.84 Å². The Morgan fingerprint density at radius 1 is 1.31 bits per heavy atom. The highest BCUT2D eigenvalue weighted by Crippen LogP contribution is 2.11. The summed E-state index contributed by atoms with van der Waals surface area (Å²) < 4.78 is 0. The molecule has 1 aromatic carbocycles. The van der Waals surface area contributed by atoms with E-state index in [2.05, 4.69) is 40.4 Å². The normalized spacial score (nSPS) is 19.9. The average molecular weight is 218 g/mol. The van der Waals surface area contributed by atoms with Crippen molar-refractivity contribution >= 4 is 5.71 Å². The molecule has 0 unspecified atom stereocenters. The van der Waals surface area contributed by atoms with Gasteiger partial charge in [0.15, 0.2) is 0 Å². The van der Waals surface area contributed by atoms with Crippen LogP contribution >= 0.6 is 0 Å². The van der Waals surface area contributed by atoms with Crippen LogP contribution in [0.25, 0.3) is 0 Å². The Hall–Kier alpha value is -1.35. The standard InChI is InChI=1S/C13H18N2O/c1-16-14-13-8-5-9-15(11-13)10-12-6-3-2-4-7-12/h2-4,6-7H,5,8-11H2,1H3/b14-13-. The second-order valence-corrected chi connectivity index (χ2v) is 4.14. The van der Waals surface area contributed by atoms with Crippen LogP contribution in [0.15, 0.2) is 35.5 Å². The Labute approximate surface area is 96.7 Å². The van der Waals surface area contributed by atoms with E-state index in [1.165, 1.54) is 12.0 Å². The summed E-state index contributed by atoms with van der Waals surface area (Å²) in [5, 5.41) is 4.05. The topological polar surface area (TPSA) is 24.8 Å². The van der Waals surface area contributed by atoms with Gasteiger partial charge in [-0.25, -0.2) is 0 Å². The van der Waals surface area contributed by atoms with Crippen LogP contribution in [0.4, 0.5) is 0 Å². The molecule has 86 valence electrons. The quantitative estimate of drug-likeness (QED) is 0.727. The summed E-state index contributed by atoms with van der Waals surface area (Å²) in [4.78, 5) is 7.25. The van der Waals surface area contributed by atoms with Gasteiger partial charge in [-0.1, -0.05) is 35.5 Å². The van der Waals surface area contributed by atoms with Gasteiger partial charge < -0.3 is 4.84 Å². The molecule has 0 N–H and O–H groups in total. The third kappa shape index (κ3) is 3.07. The summed E-state index contributed by atoms with van der Waals surface area (Å²) >= 11 is 0. The monoisotopic (exact) mass is 218 g/mol. The summed E-state index contributed by atoms with van der Waals surface area (Å²) in [7, 11) is 1.61. The van der Waals surface area contributed by atoms with Crippen molar-refractivity contribution in [2.24, 2.45) is 5.16 Å². The van der Waals surface area contributed by atoms with Gasteiger partial charge in [0.05, 0.1) is 5.71 Å². The van der Waals surface area contributed by atoms with E-state index in [0.29, 0.717) is 0 Å². The van der Waals surface area contributed by atoms with Crippen LogP contribution < -0.4 is 0 Å². The van der Waals surface area contributed by atoms with E-state index in [1.54, 1.807) is 7.11 Å². The molecule has 16 heavy (non-hydrogen) atoms. The molecule has 0 bridgehead atoms. The van der Waals surface area contributed by atoms with Gasteiger partial charge >= 0.3 is 0 Å². The molecule has 0 spiro atoms. The van der Waals surface area contributed by atoms with Gasteiger partial charge in [0.1, 0.15) is 7.11 Å². The Morgan fingerprint density at radius 2 is 2.12 bits per heavy atom. The number of benzene rings is 1. The molecule has 2 rings (SSSR count). The number of likely N-dealkylation sites (tertiary alicyclic amines) is 1. The van der Waals surface area contributed by atoms with E-state index in [1.807, 2.05) is 0 Å². The first-order chi connectivity index (χ1) is 7.88. The second kappa shape index (κ2) is 5.66. The Balaban J connectivity index is 1.93. The molecule has 1 aliphatic rings. The zero-order chi connectivity index (χ0) is 11.2. The SMILES string of the molecule is CO/N=C1/CCCN(Cc2ccccc2)C1. The van der Waals surface area contributed by atoms with Crippen LogP contribution in [0.3, 0.4) is 0 Å². The Kier molecular flexibility index (Phi) is 3.94. The number of hydrogen-bond acceptors (Lipinski definition) is 3. The zero-order valence-electron chi connectivity index (χ0n) is 9.72. The minimum absolute atomic E-state index is 0.933. The maximum atomic E-state index is 4.84. The van der Waals surface area contributed by atoms with Gasteiger partial charge in [-0.15, -0.1) is 0 Å². The van der Waals surface area contributed by atoms with Gasteiger partial charge in [0.25, 0.3) is 0 Å². The molecule has 1 aromatic rings. The summed E-state index contributed by atoms with van der Waals surface area (Å²) in [6, 6.07) is 10.6. The molecule has 0 amide bonds. The lowest BCUT2D eigenvalue weighted by atomic mass is 10.1. The molecule has 0 saturated carbocycles. The van der Waals surface area contributed by atoms with E-state index in [0.717, 1.165) is 31.8 Å². The van der Waals surface area contributed by atoms with Gasteiger partial charge in [0, 0.05) is 13.1 Å². The lowest BCUT2D eigenvalue weighted by Gasteiger charge is -2.27. The lowest BCUT2D eigenvalue weighted by molar-refractivity contribution is 0.203. The van der Waals surface area contributed by atoms with E-state index >= 15 is 0 Å². The van der Waals surface area contributed by atoms with Crippen molar-refractivity contribution in [1.29, 1.82) is 0 Å². The molecule has 0 radical (unpaired) electrons. The average Bonchev–Trinajstić information content (AvgIpc) is 2.31. The first-order valence-corrected chi connectivity index (χ1v) is 5.73. The van der Waals surface area contributed by atoms with Gasteiger partial charge in [-0.2, -0.15) is 0 Å². The lowest BCUT2D eigenvalue weighted by Crippen LogP contribution is -2.35. The van der Waals surface area contributed by atoms with Gasteiger partial charge in [-0.05, 0) is 24.9 Å². The number of hydrogen-bond donors (Lipinski definition) is 0. The van der Waals surface area contributed by atoms with Crippen molar-refractivity contribution in [2.75, 3.05) is 20.2 Å². The molecule has 1 saturated heterocycles. The number of oxime groups is 1. The first kappa shape index (κ1) is 11.1. The van der Waals surface area contributed by atoms with Crippen LogP contribution in [0.2, 0.25) is 0 Å². The fourth-order valence-electron chi connectivity index (χ4n) is 2.10. The molecule has 3 heteroatoms. The van der Waals surface area contributed by atoms with Crippen molar-refractivity contribution in [2.45, 2.75) is 19.4 Å². The number of nitrogens with zero attached hydrogens (tertiary/aromatic N) is 2. The molecule has 3 nitrogen and oxygen atoms in total. The minimum atomic E-state index is 0.933. The first-order valence-electron chi connectivity index (χ1n) is 5.73. The largest absolute Gasteiger partial charge is 0.399 e. The highest BCUT2D eigenvalue weighted by Gasteiger charge is 2.15. The highest BCUT2D eigenvalue weighted by atomic mass is 16.6. The summed E-state index contributed by atoms with van der Waals surface area (Å²) in [6.45, 7) is 3.09. The molecular formula is C13H18N2O. The van der Waals surface area contributed by atoms with Crippen LogP contribution in [-0.4, -0.2) is 30.8 Å². The van der Waals surface area contributed by atoms with Crippen LogP contribution in [0, 0.1) is 0 Å². The maximum Gasteiger partial charge on any atom is 0.106 e. The van der Waals surface area contributed by atoms with Crippen molar-refractivity contribution in [3.63, 3.8) is 0 Å². The fourth-order valence-corrected chi connectivity index (χ4v) is 2.10. The predicted octanol–water partition coefficient (Wildman–Crippen LogP) is 2.28. The van der Waals surface area contributed by atoms with Crippen LogP contribution in [0.5, 0.6) is 0 Å². The van der Waals surface area contributed by atoms with Crippen LogP contribution in [-0.2, 0) is 11.4 Å². The predicted molar refractivity (Wildman–Crippen MR) is 65.4 cm³/mol. The highest BCUT2D eigenvalue weighted by molar-refractivity contribution is 5.86. The third-order valence-corrected chi connectivity index (χ3v) is 2.82. The molecule has 1 heterocycles. The van der Waals surface area contributed by atoms with E-state index in [-0.39, 0.29) is 0 Å². The van der Waals surface area contributed by atoms with Crippen molar-refractivity contribution in [3.8, 4) is 0 Å². The molecule has 1 aliphatic heterocycles. The fraction of sp³-hybridized carbons (Fsp3) is 0.462. The zero-order valence-corrected chi connectivity index (χ0v) is 9.72. The van der Waals surface area contributed by atoms with Gasteiger partial charge in [-0.3, -0.25) is 4.90 Å². The second-order valence-electron chi connectivity index (χ2n) is 4.14. The van der Waals surface area contributed by atoms with Crippen molar-refractivity contribution in [1.82, 2.24) is 4.90 Å². The summed E-state index contributed by atoms with van der Waals surface area (Å²) in [5.74, 6) is 0. The summed E-state index contributed by atoms with van der Waals surface area (Å²) in [5.41, 5.74) is 2.52. The number of piperidine rings is 1. The minimum Gasteiger partial charge on any atom is -0.399 e. The molecule has 1 fully saturated rings. The van der Waals surface area contributed by atoms with Crippen molar-refractivity contribution in [3.05, 3.63) is 35.9 Å².